The molecule has 180 valence electrons. The summed E-state index contributed by atoms with van der Waals surface area (Å²) in [6.45, 7) is -0.0972. The van der Waals surface area contributed by atoms with E-state index in [0.29, 0.717) is 0 Å². The van der Waals surface area contributed by atoms with E-state index in [2.05, 4.69) is 5.32 Å². The fraction of sp³-hybridized carbons (Fsp3) is 0.160. The van der Waals surface area contributed by atoms with Crippen LogP contribution in [0.2, 0.25) is 0 Å². The molecule has 1 amide bonds. The van der Waals surface area contributed by atoms with E-state index in [0.717, 1.165) is 11.1 Å². The van der Waals surface area contributed by atoms with Crippen molar-refractivity contribution in [2.24, 2.45) is 0 Å². The third-order valence-corrected chi connectivity index (χ3v) is 4.66. The highest BCUT2D eigenvalue weighted by Crippen LogP contribution is 2.18. The Morgan fingerprint density at radius 3 is 1.89 bits per heavy atom. The van der Waals surface area contributed by atoms with Crippen LogP contribution in [-0.2, 0) is 32.3 Å². The van der Waals surface area contributed by atoms with Gasteiger partial charge in [0.1, 0.15) is 25.0 Å². The highest BCUT2D eigenvalue weighted by atomic mass is 16.6. The highest BCUT2D eigenvalue weighted by molar-refractivity contribution is 5.86. The second kappa shape index (κ2) is 12.5. The Balaban J connectivity index is 1.62. The number of nitro groups is 1. The number of alkyl carbamates (subject to hydrolysis) is 1. The van der Waals surface area contributed by atoms with E-state index >= 15 is 0 Å². The molecule has 3 aromatic carbocycles. The van der Waals surface area contributed by atoms with Crippen molar-refractivity contribution in [1.82, 2.24) is 5.32 Å². The van der Waals surface area contributed by atoms with Crippen molar-refractivity contribution in [3.05, 3.63) is 106 Å². The predicted molar refractivity (Wildman–Crippen MR) is 123 cm³/mol. The molecule has 3 aromatic rings. The lowest BCUT2D eigenvalue weighted by molar-refractivity contribution is -0.384. The Bertz CT molecular complexity index is 1150. The number of carbonyl (C=O) groups excluding carboxylic acids is 3. The van der Waals surface area contributed by atoms with Gasteiger partial charge in [-0.1, -0.05) is 60.7 Å². The number of amides is 1. The fourth-order valence-corrected chi connectivity index (χ4v) is 2.91. The Kier molecular flexibility index (Phi) is 8.89. The van der Waals surface area contributed by atoms with E-state index in [-0.39, 0.29) is 24.7 Å². The number of hydrogen-bond donors (Lipinski definition) is 1. The first-order valence-corrected chi connectivity index (χ1v) is 10.5. The van der Waals surface area contributed by atoms with Gasteiger partial charge in [-0.15, -0.1) is 0 Å². The molecule has 1 atom stereocenters. The first-order chi connectivity index (χ1) is 16.9. The molecule has 10 nitrogen and oxygen atoms in total. The normalized spacial score (nSPS) is 11.1. The van der Waals surface area contributed by atoms with Crippen LogP contribution in [0.3, 0.4) is 0 Å². The maximum absolute atomic E-state index is 12.7. The molecule has 0 aliphatic heterocycles. The molecule has 0 fully saturated rings. The Labute approximate surface area is 200 Å². The molecule has 0 spiro atoms. The topological polar surface area (TPSA) is 134 Å². The summed E-state index contributed by atoms with van der Waals surface area (Å²) in [4.78, 5) is 47.5. The van der Waals surface area contributed by atoms with Crippen LogP contribution in [0, 0.1) is 10.1 Å². The SMILES string of the molecule is O=C(CC(NC(=O)OCc1ccccc1)C(=O)OCc1ccccc1)Oc1ccc([N+](=O)[O-])cc1. The van der Waals surface area contributed by atoms with Gasteiger partial charge in [-0.05, 0) is 23.3 Å². The van der Waals surface area contributed by atoms with Crippen LogP contribution in [-0.4, -0.2) is 29.0 Å². The number of carbonyl (C=O) groups is 3. The van der Waals surface area contributed by atoms with Gasteiger partial charge in [0, 0.05) is 12.1 Å². The molecule has 0 radical (unpaired) electrons. The number of nitrogens with one attached hydrogen (secondary N) is 1. The molecular weight excluding hydrogens is 456 g/mol. The zero-order valence-corrected chi connectivity index (χ0v) is 18.5. The minimum atomic E-state index is -1.38. The lowest BCUT2D eigenvalue weighted by Gasteiger charge is -2.17. The van der Waals surface area contributed by atoms with Crippen LogP contribution in [0.1, 0.15) is 17.5 Å². The van der Waals surface area contributed by atoms with Crippen molar-refractivity contribution in [3.63, 3.8) is 0 Å². The Hall–Kier alpha value is -4.73. The molecule has 0 bridgehead atoms. The van der Waals surface area contributed by atoms with E-state index in [1.54, 1.807) is 48.5 Å². The molecule has 1 N–H and O–H groups in total. The number of non-ortho nitro benzene ring substituents is 1. The Morgan fingerprint density at radius 2 is 1.34 bits per heavy atom. The third kappa shape index (κ3) is 8.28. The molecule has 0 aromatic heterocycles. The average Bonchev–Trinajstić information content (AvgIpc) is 2.87. The quantitative estimate of drug-likeness (QED) is 0.200. The van der Waals surface area contributed by atoms with Crippen LogP contribution in [0.4, 0.5) is 10.5 Å². The van der Waals surface area contributed by atoms with Crippen molar-refractivity contribution in [2.45, 2.75) is 25.7 Å². The minimum absolute atomic E-state index is 0.0360. The minimum Gasteiger partial charge on any atom is -0.459 e. The van der Waals surface area contributed by atoms with Crippen molar-refractivity contribution in [1.29, 1.82) is 0 Å². The third-order valence-electron chi connectivity index (χ3n) is 4.66. The van der Waals surface area contributed by atoms with E-state index in [9.17, 15) is 24.5 Å². The van der Waals surface area contributed by atoms with E-state index in [1.165, 1.54) is 24.3 Å². The molecule has 0 aliphatic rings. The summed E-state index contributed by atoms with van der Waals surface area (Å²) in [7, 11) is 0. The maximum Gasteiger partial charge on any atom is 0.408 e. The smallest absolute Gasteiger partial charge is 0.408 e. The van der Waals surface area contributed by atoms with Gasteiger partial charge in [-0.25, -0.2) is 9.59 Å². The molecule has 0 heterocycles. The van der Waals surface area contributed by atoms with Crippen molar-refractivity contribution in [2.75, 3.05) is 0 Å². The number of ether oxygens (including phenoxy) is 3. The largest absolute Gasteiger partial charge is 0.459 e. The summed E-state index contributed by atoms with van der Waals surface area (Å²) < 4.78 is 15.5. The van der Waals surface area contributed by atoms with E-state index in [4.69, 9.17) is 14.2 Å². The summed E-state index contributed by atoms with van der Waals surface area (Å²) >= 11 is 0. The number of benzene rings is 3. The second-order valence-electron chi connectivity index (χ2n) is 7.28. The van der Waals surface area contributed by atoms with Gasteiger partial charge in [0.05, 0.1) is 11.3 Å². The van der Waals surface area contributed by atoms with Crippen LogP contribution in [0.15, 0.2) is 84.9 Å². The molecule has 0 aliphatic carbocycles. The van der Waals surface area contributed by atoms with Crippen molar-refractivity contribution >= 4 is 23.7 Å². The van der Waals surface area contributed by atoms with E-state index < -0.39 is 35.4 Å². The highest BCUT2D eigenvalue weighted by Gasteiger charge is 2.27. The molecule has 1 unspecified atom stereocenters. The van der Waals surface area contributed by atoms with Crippen LogP contribution < -0.4 is 10.1 Å². The molecule has 35 heavy (non-hydrogen) atoms. The average molecular weight is 478 g/mol. The second-order valence-corrected chi connectivity index (χ2v) is 7.28. The summed E-state index contributed by atoms with van der Waals surface area (Å²) in [5, 5.41) is 13.1. The number of rotatable bonds is 10. The summed E-state index contributed by atoms with van der Waals surface area (Å²) in [6, 6.07) is 21.3. The monoisotopic (exact) mass is 478 g/mol. The zero-order valence-electron chi connectivity index (χ0n) is 18.5. The first kappa shape index (κ1) is 24.9. The molecular formula is C25H22N2O8. The van der Waals surface area contributed by atoms with E-state index in [1.807, 2.05) is 12.1 Å². The lowest BCUT2D eigenvalue weighted by atomic mass is 10.2. The van der Waals surface area contributed by atoms with Crippen molar-refractivity contribution in [3.8, 4) is 5.75 Å². The summed E-state index contributed by atoms with van der Waals surface area (Å²) in [5.41, 5.74) is 1.29. The number of nitro benzene ring substituents is 1. The fourth-order valence-electron chi connectivity index (χ4n) is 2.91. The van der Waals surface area contributed by atoms with Gasteiger partial charge in [0.25, 0.3) is 5.69 Å². The van der Waals surface area contributed by atoms with Gasteiger partial charge >= 0.3 is 18.0 Å². The first-order valence-electron chi connectivity index (χ1n) is 10.5. The number of esters is 2. The van der Waals surface area contributed by atoms with Gasteiger partial charge in [-0.2, -0.15) is 0 Å². The molecule has 0 saturated carbocycles. The predicted octanol–water partition coefficient (Wildman–Crippen LogP) is 3.93. The van der Waals surface area contributed by atoms with Gasteiger partial charge in [-0.3, -0.25) is 14.9 Å². The zero-order chi connectivity index (χ0) is 25.0. The molecule has 3 rings (SSSR count). The van der Waals surface area contributed by atoms with Gasteiger partial charge in [0.15, 0.2) is 0 Å². The van der Waals surface area contributed by atoms with Crippen LogP contribution in [0.25, 0.3) is 0 Å². The van der Waals surface area contributed by atoms with Crippen LogP contribution in [0.5, 0.6) is 5.75 Å². The standard InChI is InChI=1S/C25H22N2O8/c28-23(35-21-13-11-20(12-14-21)27(31)32)15-22(24(29)33-16-18-7-3-1-4-8-18)26-25(30)34-17-19-9-5-2-6-10-19/h1-14,22H,15-17H2,(H,26,30). The van der Waals surface area contributed by atoms with Crippen LogP contribution >= 0.6 is 0 Å². The summed E-state index contributed by atoms with van der Waals surface area (Å²) in [6.07, 6.45) is -1.47. The van der Waals surface area contributed by atoms with Gasteiger partial charge < -0.3 is 19.5 Å². The van der Waals surface area contributed by atoms with Crippen molar-refractivity contribution < 1.29 is 33.5 Å². The molecule has 0 saturated heterocycles. The lowest BCUT2D eigenvalue weighted by Crippen LogP contribution is -2.44. The maximum atomic E-state index is 12.7. The van der Waals surface area contributed by atoms with Gasteiger partial charge in [0.2, 0.25) is 0 Å². The number of nitrogens with zero attached hydrogens (tertiary/aromatic N) is 1. The summed E-state index contributed by atoms with van der Waals surface area (Å²) in [5.74, 6) is -1.67. The number of hydrogen-bond acceptors (Lipinski definition) is 8. The Morgan fingerprint density at radius 1 is 0.800 bits per heavy atom. The molecule has 10 heteroatoms.